The number of benzene rings is 1. The first-order chi connectivity index (χ1) is 12.3. The van der Waals surface area contributed by atoms with Crippen molar-refractivity contribution in [3.05, 3.63) is 64.9 Å². The molecule has 2 rings (SSSR count). The van der Waals surface area contributed by atoms with E-state index in [0.717, 1.165) is 31.0 Å². The van der Waals surface area contributed by atoms with Crippen molar-refractivity contribution in [2.24, 2.45) is 4.99 Å². The van der Waals surface area contributed by atoms with Gasteiger partial charge in [0.1, 0.15) is 5.15 Å². The first-order valence-electron chi connectivity index (χ1n) is 8.52. The summed E-state index contributed by atoms with van der Waals surface area (Å²) in [7, 11) is 0. The van der Waals surface area contributed by atoms with Gasteiger partial charge in [-0.2, -0.15) is 0 Å². The highest BCUT2D eigenvalue weighted by atomic mass is 127. The zero-order valence-electron chi connectivity index (χ0n) is 15.0. The number of pyridine rings is 1. The predicted octanol–water partition coefficient (Wildman–Crippen LogP) is 3.67. The fraction of sp³-hybridized carbons (Fsp3) is 0.368. The van der Waals surface area contributed by atoms with Crippen LogP contribution in [0.5, 0.6) is 0 Å². The molecule has 5 nitrogen and oxygen atoms in total. The normalized spacial score (nSPS) is 10.9. The lowest BCUT2D eigenvalue weighted by molar-refractivity contribution is 0.128. The van der Waals surface area contributed by atoms with Gasteiger partial charge in [0.05, 0.1) is 19.8 Å². The van der Waals surface area contributed by atoms with Gasteiger partial charge >= 0.3 is 0 Å². The summed E-state index contributed by atoms with van der Waals surface area (Å²) in [5.74, 6) is 0.799. The average Bonchev–Trinajstić information content (AvgIpc) is 2.64. The Bertz CT molecular complexity index is 638. The predicted molar refractivity (Wildman–Crippen MR) is 118 cm³/mol. The minimum atomic E-state index is 0. The Balaban J connectivity index is 0.00000338. The smallest absolute Gasteiger partial charge is 0.191 e. The van der Waals surface area contributed by atoms with E-state index in [2.05, 4.69) is 32.7 Å². The lowest BCUT2D eigenvalue weighted by atomic mass is 10.2. The molecule has 1 aromatic heterocycles. The molecule has 0 radical (unpaired) electrons. The van der Waals surface area contributed by atoms with Crippen molar-refractivity contribution in [1.29, 1.82) is 0 Å². The highest BCUT2D eigenvalue weighted by Gasteiger charge is 1.99. The number of hydrogen-bond donors (Lipinski definition) is 2. The van der Waals surface area contributed by atoms with Crippen molar-refractivity contribution in [2.45, 2.75) is 20.0 Å². The number of nitrogens with zero attached hydrogens (tertiary/aromatic N) is 2. The van der Waals surface area contributed by atoms with Gasteiger partial charge in [-0.3, -0.25) is 4.99 Å². The van der Waals surface area contributed by atoms with Crippen LogP contribution in [0.25, 0.3) is 0 Å². The van der Waals surface area contributed by atoms with Crippen LogP contribution < -0.4 is 10.6 Å². The van der Waals surface area contributed by atoms with Gasteiger partial charge in [0.15, 0.2) is 5.96 Å². The monoisotopic (exact) mass is 488 g/mol. The SMILES string of the molecule is CCNC(=NCCOCc1ccccc1)NCCc1ccc(Cl)nc1.I. The maximum absolute atomic E-state index is 5.79. The molecule has 7 heteroatoms. The maximum Gasteiger partial charge on any atom is 0.191 e. The Kier molecular flexibility index (Phi) is 12.0. The molecule has 26 heavy (non-hydrogen) atoms. The van der Waals surface area contributed by atoms with Crippen molar-refractivity contribution in [3.8, 4) is 0 Å². The van der Waals surface area contributed by atoms with E-state index in [0.29, 0.717) is 24.9 Å². The molecule has 0 aliphatic heterocycles. The van der Waals surface area contributed by atoms with E-state index in [1.54, 1.807) is 12.3 Å². The lowest BCUT2D eigenvalue weighted by Crippen LogP contribution is -2.38. The number of guanidine groups is 1. The Labute approximate surface area is 177 Å². The Morgan fingerprint density at radius 1 is 1.12 bits per heavy atom. The van der Waals surface area contributed by atoms with Crippen molar-refractivity contribution in [2.75, 3.05) is 26.2 Å². The number of aliphatic imine (C=N–C) groups is 1. The van der Waals surface area contributed by atoms with Crippen LogP contribution in [0.15, 0.2) is 53.7 Å². The topological polar surface area (TPSA) is 58.5 Å². The molecule has 0 saturated heterocycles. The van der Waals surface area contributed by atoms with Crippen LogP contribution >= 0.6 is 35.6 Å². The first kappa shape index (κ1) is 22.7. The van der Waals surface area contributed by atoms with Gasteiger partial charge in [0, 0.05) is 19.3 Å². The van der Waals surface area contributed by atoms with Crippen LogP contribution in [0, 0.1) is 0 Å². The highest BCUT2D eigenvalue weighted by Crippen LogP contribution is 2.05. The van der Waals surface area contributed by atoms with Crippen molar-refractivity contribution >= 4 is 41.5 Å². The third-order valence-electron chi connectivity index (χ3n) is 3.46. The molecule has 0 atom stereocenters. The van der Waals surface area contributed by atoms with E-state index in [-0.39, 0.29) is 24.0 Å². The molecular weight excluding hydrogens is 463 g/mol. The molecule has 0 bridgehead atoms. The summed E-state index contributed by atoms with van der Waals surface area (Å²) < 4.78 is 5.65. The van der Waals surface area contributed by atoms with Crippen LogP contribution in [-0.2, 0) is 17.8 Å². The fourth-order valence-corrected chi connectivity index (χ4v) is 2.32. The van der Waals surface area contributed by atoms with Crippen LogP contribution in [0.4, 0.5) is 0 Å². The number of rotatable bonds is 9. The van der Waals surface area contributed by atoms with Crippen LogP contribution in [0.1, 0.15) is 18.1 Å². The largest absolute Gasteiger partial charge is 0.375 e. The standard InChI is InChI=1S/C19H25ClN4O.HI/c1-2-21-19(22-11-10-16-8-9-18(20)24-14-16)23-12-13-25-15-17-6-4-3-5-7-17;/h3-9,14H,2,10-13,15H2,1H3,(H2,21,22,23);1H. The van der Waals surface area contributed by atoms with Gasteiger partial charge in [0.2, 0.25) is 0 Å². The van der Waals surface area contributed by atoms with E-state index in [4.69, 9.17) is 16.3 Å². The maximum atomic E-state index is 5.79. The zero-order valence-corrected chi connectivity index (χ0v) is 18.0. The molecule has 1 aromatic carbocycles. The van der Waals surface area contributed by atoms with Gasteiger partial charge in [0.25, 0.3) is 0 Å². The molecular formula is C19H26ClIN4O. The third kappa shape index (κ3) is 9.35. The summed E-state index contributed by atoms with van der Waals surface area (Å²) in [6.07, 6.45) is 2.66. The number of aromatic nitrogens is 1. The second-order valence-corrected chi connectivity index (χ2v) is 5.85. The molecule has 2 N–H and O–H groups in total. The molecule has 1 heterocycles. The Hall–Kier alpha value is -1.38. The van der Waals surface area contributed by atoms with Crippen molar-refractivity contribution in [3.63, 3.8) is 0 Å². The van der Waals surface area contributed by atoms with Crippen molar-refractivity contribution < 1.29 is 4.74 Å². The van der Waals surface area contributed by atoms with Gasteiger partial charge in [-0.25, -0.2) is 4.98 Å². The molecule has 0 aliphatic rings. The molecule has 0 fully saturated rings. The zero-order chi connectivity index (χ0) is 17.7. The molecule has 2 aromatic rings. The Morgan fingerprint density at radius 2 is 1.92 bits per heavy atom. The van der Waals surface area contributed by atoms with Crippen LogP contribution in [0.2, 0.25) is 5.15 Å². The summed E-state index contributed by atoms with van der Waals surface area (Å²) in [4.78, 5) is 8.61. The first-order valence-corrected chi connectivity index (χ1v) is 8.90. The molecule has 0 unspecified atom stereocenters. The molecule has 0 saturated carbocycles. The lowest BCUT2D eigenvalue weighted by Gasteiger charge is -2.11. The van der Waals surface area contributed by atoms with Crippen molar-refractivity contribution in [1.82, 2.24) is 15.6 Å². The second-order valence-electron chi connectivity index (χ2n) is 5.46. The molecule has 0 amide bonds. The van der Waals surface area contributed by atoms with Gasteiger partial charge in [-0.1, -0.05) is 48.0 Å². The summed E-state index contributed by atoms with van der Waals surface area (Å²) >= 11 is 5.79. The summed E-state index contributed by atoms with van der Waals surface area (Å²) in [5.41, 5.74) is 2.31. The van der Waals surface area contributed by atoms with E-state index < -0.39 is 0 Å². The summed E-state index contributed by atoms with van der Waals surface area (Å²) in [6.45, 7) is 5.46. The van der Waals surface area contributed by atoms with Crippen LogP contribution in [0.3, 0.4) is 0 Å². The third-order valence-corrected chi connectivity index (χ3v) is 3.68. The van der Waals surface area contributed by atoms with E-state index in [1.165, 1.54) is 5.56 Å². The van der Waals surface area contributed by atoms with E-state index in [9.17, 15) is 0 Å². The molecule has 142 valence electrons. The number of hydrogen-bond acceptors (Lipinski definition) is 3. The number of halogens is 2. The van der Waals surface area contributed by atoms with Gasteiger partial charge < -0.3 is 15.4 Å². The highest BCUT2D eigenvalue weighted by molar-refractivity contribution is 14.0. The molecule has 0 spiro atoms. The molecule has 0 aliphatic carbocycles. The summed E-state index contributed by atoms with van der Waals surface area (Å²) in [6, 6.07) is 13.9. The quantitative estimate of drug-likeness (QED) is 0.186. The van der Waals surface area contributed by atoms with E-state index in [1.807, 2.05) is 31.2 Å². The van der Waals surface area contributed by atoms with Crippen LogP contribution in [-0.4, -0.2) is 37.2 Å². The van der Waals surface area contributed by atoms with Gasteiger partial charge in [-0.15, -0.1) is 24.0 Å². The minimum absolute atomic E-state index is 0. The average molecular weight is 489 g/mol. The fourth-order valence-electron chi connectivity index (χ4n) is 2.21. The minimum Gasteiger partial charge on any atom is -0.375 e. The van der Waals surface area contributed by atoms with E-state index >= 15 is 0 Å². The number of ether oxygens (including phenoxy) is 1. The number of nitrogens with one attached hydrogen (secondary N) is 2. The Morgan fingerprint density at radius 3 is 2.62 bits per heavy atom. The summed E-state index contributed by atoms with van der Waals surface area (Å²) in [5, 5.41) is 7.06. The second kappa shape index (κ2) is 13.8. The van der Waals surface area contributed by atoms with Gasteiger partial charge in [-0.05, 0) is 30.5 Å².